The molecule has 1 amide bonds. The minimum absolute atomic E-state index is 0.177. The van der Waals surface area contributed by atoms with Crippen molar-refractivity contribution < 1.29 is 15.0 Å². The summed E-state index contributed by atoms with van der Waals surface area (Å²) in [5.74, 6) is 1.23. The Kier molecular flexibility index (Phi) is 3.78. The normalized spacial score (nSPS) is 40.2. The fourth-order valence-electron chi connectivity index (χ4n) is 3.91. The molecule has 3 rings (SSSR count). The summed E-state index contributed by atoms with van der Waals surface area (Å²) in [6.07, 6.45) is 1.96. The van der Waals surface area contributed by atoms with Gasteiger partial charge in [0.1, 0.15) is 0 Å². The van der Waals surface area contributed by atoms with Crippen molar-refractivity contribution in [2.24, 2.45) is 17.8 Å². The van der Waals surface area contributed by atoms with Crippen molar-refractivity contribution in [2.75, 3.05) is 26.2 Å². The summed E-state index contributed by atoms with van der Waals surface area (Å²) in [7, 11) is 0. The molecule has 1 aliphatic carbocycles. The molecule has 2 aliphatic heterocycles. The second-order valence-electron chi connectivity index (χ2n) is 6.39. The van der Waals surface area contributed by atoms with Crippen molar-refractivity contribution in [3.63, 3.8) is 0 Å². The maximum Gasteiger partial charge on any atom is 0.225 e. The molecule has 3 fully saturated rings. The third kappa shape index (κ3) is 2.64. The highest BCUT2D eigenvalue weighted by Gasteiger charge is 2.43. The van der Waals surface area contributed by atoms with Crippen LogP contribution in [0.4, 0.5) is 0 Å². The second-order valence-corrected chi connectivity index (χ2v) is 6.39. The van der Waals surface area contributed by atoms with Gasteiger partial charge in [-0.2, -0.15) is 0 Å². The molecule has 2 saturated heterocycles. The third-order valence-corrected chi connectivity index (χ3v) is 5.11. The van der Waals surface area contributed by atoms with Gasteiger partial charge in [-0.15, -0.1) is 0 Å². The monoisotopic (exact) mass is 268 g/mol. The average Bonchev–Trinajstić information content (AvgIpc) is 2.82. The number of amides is 1. The van der Waals surface area contributed by atoms with Crippen LogP contribution in [-0.2, 0) is 4.79 Å². The summed E-state index contributed by atoms with van der Waals surface area (Å²) in [5.41, 5.74) is 0. The van der Waals surface area contributed by atoms with Gasteiger partial charge in [-0.1, -0.05) is 0 Å². The number of carbonyl (C=O) groups is 1. The van der Waals surface area contributed by atoms with Gasteiger partial charge in [-0.05, 0) is 50.6 Å². The first-order chi connectivity index (χ1) is 9.15. The largest absolute Gasteiger partial charge is 0.390 e. The number of aliphatic hydroxyl groups excluding tert-OH is 2. The van der Waals surface area contributed by atoms with Crippen molar-refractivity contribution in [1.82, 2.24) is 10.2 Å². The fourth-order valence-corrected chi connectivity index (χ4v) is 3.91. The zero-order valence-electron chi connectivity index (χ0n) is 11.3. The van der Waals surface area contributed by atoms with Crippen LogP contribution >= 0.6 is 0 Å². The summed E-state index contributed by atoms with van der Waals surface area (Å²) in [6.45, 7) is 3.43. The Morgan fingerprint density at radius 3 is 2.05 bits per heavy atom. The minimum atomic E-state index is -0.602. The Hall–Kier alpha value is -0.650. The van der Waals surface area contributed by atoms with E-state index in [2.05, 4.69) is 5.32 Å². The smallest absolute Gasteiger partial charge is 0.225 e. The van der Waals surface area contributed by atoms with Crippen molar-refractivity contribution in [1.29, 1.82) is 0 Å². The molecule has 4 atom stereocenters. The van der Waals surface area contributed by atoms with E-state index in [1.807, 2.05) is 4.90 Å². The van der Waals surface area contributed by atoms with E-state index in [1.54, 1.807) is 0 Å². The number of piperidine rings is 1. The average molecular weight is 268 g/mol. The Labute approximate surface area is 114 Å². The third-order valence-electron chi connectivity index (χ3n) is 5.11. The van der Waals surface area contributed by atoms with Crippen molar-refractivity contribution in [3.05, 3.63) is 0 Å². The van der Waals surface area contributed by atoms with Gasteiger partial charge < -0.3 is 20.4 Å². The maximum atomic E-state index is 12.5. The number of nitrogens with zero attached hydrogens (tertiary/aromatic N) is 1. The van der Waals surface area contributed by atoms with Crippen LogP contribution in [0.3, 0.4) is 0 Å². The van der Waals surface area contributed by atoms with E-state index in [1.165, 1.54) is 0 Å². The van der Waals surface area contributed by atoms with Gasteiger partial charge in [0, 0.05) is 19.0 Å². The topological polar surface area (TPSA) is 72.8 Å². The molecular formula is C14H24N2O3. The van der Waals surface area contributed by atoms with Gasteiger partial charge >= 0.3 is 0 Å². The van der Waals surface area contributed by atoms with E-state index in [9.17, 15) is 15.0 Å². The highest BCUT2D eigenvalue weighted by Crippen LogP contribution is 2.37. The predicted octanol–water partition coefficient (Wildman–Crippen LogP) is -0.424. The molecule has 19 heavy (non-hydrogen) atoms. The SMILES string of the molecule is O=C(C1CCNCC1)N1C[C@H]2C[C@H](O)[C@H](O)C[C@H]2C1. The molecule has 108 valence electrons. The Bertz CT molecular complexity index is 326. The van der Waals surface area contributed by atoms with Gasteiger partial charge in [0.2, 0.25) is 5.91 Å². The Morgan fingerprint density at radius 2 is 1.53 bits per heavy atom. The van der Waals surface area contributed by atoms with E-state index in [0.29, 0.717) is 30.6 Å². The van der Waals surface area contributed by atoms with Gasteiger partial charge in [-0.25, -0.2) is 0 Å². The zero-order valence-corrected chi connectivity index (χ0v) is 11.3. The molecular weight excluding hydrogens is 244 g/mol. The number of likely N-dealkylation sites (tertiary alicyclic amines) is 1. The molecule has 1 saturated carbocycles. The zero-order chi connectivity index (χ0) is 13.4. The second kappa shape index (κ2) is 5.38. The lowest BCUT2D eigenvalue weighted by Gasteiger charge is -2.31. The van der Waals surface area contributed by atoms with Crippen LogP contribution in [0.15, 0.2) is 0 Å². The van der Waals surface area contributed by atoms with E-state index in [4.69, 9.17) is 0 Å². The summed E-state index contributed by atoms with van der Waals surface area (Å²) in [6, 6.07) is 0. The molecule has 3 aliphatic rings. The number of nitrogens with one attached hydrogen (secondary N) is 1. The molecule has 3 N–H and O–H groups in total. The highest BCUT2D eigenvalue weighted by atomic mass is 16.3. The van der Waals surface area contributed by atoms with E-state index in [0.717, 1.165) is 39.0 Å². The van der Waals surface area contributed by atoms with Crippen LogP contribution in [0.5, 0.6) is 0 Å². The Balaban J connectivity index is 1.60. The molecule has 0 radical (unpaired) electrons. The minimum Gasteiger partial charge on any atom is -0.390 e. The maximum absolute atomic E-state index is 12.5. The predicted molar refractivity (Wildman–Crippen MR) is 70.4 cm³/mol. The summed E-state index contributed by atoms with van der Waals surface area (Å²) >= 11 is 0. The quantitative estimate of drug-likeness (QED) is 0.604. The summed E-state index contributed by atoms with van der Waals surface area (Å²) in [5, 5.41) is 22.8. The molecule has 5 heteroatoms. The number of hydrogen-bond donors (Lipinski definition) is 3. The molecule has 0 spiro atoms. The fraction of sp³-hybridized carbons (Fsp3) is 0.929. The van der Waals surface area contributed by atoms with Crippen LogP contribution in [-0.4, -0.2) is 59.4 Å². The first-order valence-electron chi connectivity index (χ1n) is 7.51. The van der Waals surface area contributed by atoms with E-state index >= 15 is 0 Å². The number of carbonyl (C=O) groups excluding carboxylic acids is 1. The van der Waals surface area contributed by atoms with Crippen molar-refractivity contribution >= 4 is 5.91 Å². The van der Waals surface area contributed by atoms with E-state index < -0.39 is 12.2 Å². The Morgan fingerprint density at radius 1 is 1.00 bits per heavy atom. The molecule has 0 aromatic rings. The highest BCUT2D eigenvalue weighted by molar-refractivity contribution is 5.79. The number of fused-ring (bicyclic) bond motifs is 1. The van der Waals surface area contributed by atoms with Crippen LogP contribution in [0, 0.1) is 17.8 Å². The lowest BCUT2D eigenvalue weighted by atomic mass is 9.79. The lowest BCUT2D eigenvalue weighted by molar-refractivity contribution is -0.135. The lowest BCUT2D eigenvalue weighted by Crippen LogP contribution is -2.40. The molecule has 0 unspecified atom stereocenters. The summed E-state index contributed by atoms with van der Waals surface area (Å²) in [4.78, 5) is 14.5. The molecule has 0 bridgehead atoms. The first kappa shape index (κ1) is 13.3. The first-order valence-corrected chi connectivity index (χ1v) is 7.51. The molecule has 2 heterocycles. The van der Waals surface area contributed by atoms with Gasteiger partial charge in [0.05, 0.1) is 12.2 Å². The van der Waals surface area contributed by atoms with Crippen LogP contribution in [0.1, 0.15) is 25.7 Å². The molecule has 0 aromatic carbocycles. The van der Waals surface area contributed by atoms with E-state index in [-0.39, 0.29) is 5.92 Å². The van der Waals surface area contributed by atoms with Crippen LogP contribution in [0.25, 0.3) is 0 Å². The van der Waals surface area contributed by atoms with Crippen LogP contribution < -0.4 is 5.32 Å². The van der Waals surface area contributed by atoms with Crippen molar-refractivity contribution in [3.8, 4) is 0 Å². The summed E-state index contributed by atoms with van der Waals surface area (Å²) < 4.78 is 0. The number of aliphatic hydroxyl groups is 2. The van der Waals surface area contributed by atoms with Gasteiger partial charge in [0.25, 0.3) is 0 Å². The van der Waals surface area contributed by atoms with Gasteiger partial charge in [-0.3, -0.25) is 4.79 Å². The molecule has 5 nitrogen and oxygen atoms in total. The van der Waals surface area contributed by atoms with Crippen LogP contribution in [0.2, 0.25) is 0 Å². The number of rotatable bonds is 1. The molecule has 0 aromatic heterocycles. The standard InChI is InChI=1S/C14H24N2O3/c17-12-5-10-7-16(8-11(10)6-13(12)18)14(19)9-1-3-15-4-2-9/h9-13,15,17-18H,1-8H2/t10-,11+,12+,13-. The number of hydrogen-bond acceptors (Lipinski definition) is 4. The van der Waals surface area contributed by atoms with Crippen molar-refractivity contribution in [2.45, 2.75) is 37.9 Å². The van der Waals surface area contributed by atoms with Gasteiger partial charge in [0.15, 0.2) is 0 Å².